The van der Waals surface area contributed by atoms with Crippen LogP contribution in [0.3, 0.4) is 0 Å². The van der Waals surface area contributed by atoms with Gasteiger partial charge in [-0.25, -0.2) is 26.5 Å². The van der Waals surface area contributed by atoms with E-state index in [2.05, 4.69) is 15.3 Å². The van der Waals surface area contributed by atoms with Gasteiger partial charge in [0.25, 0.3) is 0 Å². The molecule has 0 amide bonds. The van der Waals surface area contributed by atoms with Gasteiger partial charge in [-0.1, -0.05) is 35.9 Å². The summed E-state index contributed by atoms with van der Waals surface area (Å²) < 4.78 is 67.1. The number of rotatable bonds is 12. The first-order chi connectivity index (χ1) is 23.8. The molecule has 0 aliphatic carbocycles. The van der Waals surface area contributed by atoms with E-state index >= 15 is 0 Å². The van der Waals surface area contributed by atoms with Crippen molar-refractivity contribution in [3.8, 4) is 5.88 Å². The number of pyridine rings is 1. The van der Waals surface area contributed by atoms with Gasteiger partial charge in [-0.05, 0) is 84.0 Å². The first-order valence-electron chi connectivity index (χ1n) is 16.3. The number of halogens is 1. The predicted octanol–water partition coefficient (Wildman–Crippen LogP) is 5.88. The molecule has 1 unspecified atom stereocenters. The van der Waals surface area contributed by atoms with E-state index in [4.69, 9.17) is 21.1 Å². The number of sulfone groups is 1. The van der Waals surface area contributed by atoms with Gasteiger partial charge >= 0.3 is 5.97 Å². The van der Waals surface area contributed by atoms with Crippen LogP contribution in [-0.2, 0) is 42.5 Å². The number of aromatic nitrogens is 4. The molecular formula is C34H38ClN5O7S3. The molecule has 0 N–H and O–H groups in total. The SMILES string of the molecule is CCOC(=O)CC(c1cc(CN2C[C@@H](CC)Oc3ncc(Cl)cc3S2(=O)=O)c2sccc2c1)c1ccc2c(nnn2CCCS(C)(=O)=O)c1C. The van der Waals surface area contributed by atoms with Crippen LogP contribution in [0.25, 0.3) is 21.1 Å². The standard InChI is InChI=1S/C34H38ClN5O7S3/c1-5-26-20-39(50(44,45)30-16-25(35)18-36-34(30)47-26)19-24-15-23(14-22-10-12-48-33(22)24)28(17-31(41)46-6-2)27-8-9-29-32(21(27)3)37-38-40(29)11-7-13-49(4,42)43/h8-10,12,14-16,18,26,28H,5-7,11,13,17,19-20H2,1-4H3/t26-,28?/m1/s1. The fourth-order valence-corrected chi connectivity index (χ4v) is 9.70. The van der Waals surface area contributed by atoms with E-state index in [1.54, 1.807) is 11.6 Å². The molecule has 2 atom stereocenters. The van der Waals surface area contributed by atoms with Gasteiger partial charge in [0.15, 0.2) is 0 Å². The highest BCUT2D eigenvalue weighted by atomic mass is 35.5. The van der Waals surface area contributed by atoms with Gasteiger partial charge in [0, 0.05) is 36.2 Å². The van der Waals surface area contributed by atoms with Crippen molar-refractivity contribution < 1.29 is 31.1 Å². The number of carbonyl (C=O) groups is 1. The molecule has 16 heteroatoms. The Morgan fingerprint density at radius 3 is 2.74 bits per heavy atom. The van der Waals surface area contributed by atoms with Gasteiger partial charge in [0.1, 0.15) is 26.4 Å². The van der Waals surface area contributed by atoms with E-state index in [1.165, 1.54) is 34.2 Å². The van der Waals surface area contributed by atoms with E-state index < -0.39 is 31.9 Å². The largest absolute Gasteiger partial charge is 0.472 e. The Kier molecular flexibility index (Phi) is 10.5. The minimum Gasteiger partial charge on any atom is -0.472 e. The minimum atomic E-state index is -4.05. The second-order valence-electron chi connectivity index (χ2n) is 12.4. The van der Waals surface area contributed by atoms with Gasteiger partial charge in [0.05, 0.1) is 35.9 Å². The fraction of sp³-hybridized carbons (Fsp3) is 0.412. The molecule has 1 aliphatic heterocycles. The van der Waals surface area contributed by atoms with E-state index in [9.17, 15) is 21.6 Å². The number of sulfonamides is 1. The summed E-state index contributed by atoms with van der Waals surface area (Å²) in [5.41, 5.74) is 4.71. The molecule has 266 valence electrons. The van der Waals surface area contributed by atoms with E-state index in [-0.39, 0.29) is 53.6 Å². The Morgan fingerprint density at radius 2 is 2.00 bits per heavy atom. The van der Waals surface area contributed by atoms with E-state index in [1.807, 2.05) is 49.6 Å². The van der Waals surface area contributed by atoms with Crippen molar-refractivity contribution in [2.24, 2.45) is 0 Å². The maximum absolute atomic E-state index is 14.1. The number of fused-ring (bicyclic) bond motifs is 3. The van der Waals surface area contributed by atoms with Crippen LogP contribution in [0, 0.1) is 6.92 Å². The number of thiophene rings is 1. The van der Waals surface area contributed by atoms with Crippen LogP contribution in [0.5, 0.6) is 5.88 Å². The monoisotopic (exact) mass is 759 g/mol. The summed E-state index contributed by atoms with van der Waals surface area (Å²) in [5, 5.41) is 11.8. The molecule has 1 aliphatic rings. The number of nitrogens with zero attached hydrogens (tertiary/aromatic N) is 5. The number of benzene rings is 2. The lowest BCUT2D eigenvalue weighted by atomic mass is 9.84. The average molecular weight is 760 g/mol. The average Bonchev–Trinajstić information content (AvgIpc) is 3.69. The molecule has 0 spiro atoms. The molecule has 5 aromatic rings. The maximum atomic E-state index is 14.1. The number of hydrogen-bond acceptors (Lipinski definition) is 11. The van der Waals surface area contributed by atoms with Crippen molar-refractivity contribution in [1.82, 2.24) is 24.3 Å². The van der Waals surface area contributed by atoms with E-state index in [0.717, 1.165) is 37.9 Å². The highest BCUT2D eigenvalue weighted by Crippen LogP contribution is 2.39. The smallest absolute Gasteiger partial charge is 0.306 e. The topological polar surface area (TPSA) is 151 Å². The van der Waals surface area contributed by atoms with Crippen LogP contribution in [-0.4, -0.2) is 78.4 Å². The van der Waals surface area contributed by atoms with Crippen molar-refractivity contribution in [2.75, 3.05) is 25.2 Å². The van der Waals surface area contributed by atoms with Crippen LogP contribution in [0.4, 0.5) is 0 Å². The Hall–Kier alpha value is -3.63. The van der Waals surface area contributed by atoms with Gasteiger partial charge < -0.3 is 9.47 Å². The normalized spacial score (nSPS) is 16.9. The Bertz CT molecular complexity index is 2290. The van der Waals surface area contributed by atoms with Crippen molar-refractivity contribution in [2.45, 2.75) is 70.0 Å². The molecule has 12 nitrogen and oxygen atoms in total. The maximum Gasteiger partial charge on any atom is 0.306 e. The summed E-state index contributed by atoms with van der Waals surface area (Å²) in [4.78, 5) is 17.2. The van der Waals surface area contributed by atoms with Crippen LogP contribution in [0.1, 0.15) is 61.3 Å². The molecule has 0 saturated heterocycles. The second kappa shape index (κ2) is 14.5. The first-order valence-corrected chi connectivity index (χ1v) is 21.0. The summed E-state index contributed by atoms with van der Waals surface area (Å²) in [6.45, 7) is 6.42. The summed E-state index contributed by atoms with van der Waals surface area (Å²) >= 11 is 7.72. The van der Waals surface area contributed by atoms with Crippen LogP contribution in [0.2, 0.25) is 5.02 Å². The molecule has 50 heavy (non-hydrogen) atoms. The predicted molar refractivity (Wildman–Crippen MR) is 193 cm³/mol. The summed E-state index contributed by atoms with van der Waals surface area (Å²) in [6.07, 6.45) is 3.17. The molecule has 2 aromatic carbocycles. The number of aryl methyl sites for hydroxylation is 2. The van der Waals surface area contributed by atoms with Gasteiger partial charge in [-0.2, -0.15) is 4.31 Å². The molecular weight excluding hydrogens is 722 g/mol. The highest BCUT2D eigenvalue weighted by molar-refractivity contribution is 7.90. The lowest BCUT2D eigenvalue weighted by Crippen LogP contribution is -2.36. The number of ether oxygens (including phenoxy) is 2. The van der Waals surface area contributed by atoms with Gasteiger partial charge in [-0.3, -0.25) is 4.79 Å². The summed E-state index contributed by atoms with van der Waals surface area (Å²) in [6, 6.07) is 11.2. The number of esters is 1. The molecule has 0 fully saturated rings. The zero-order chi connectivity index (χ0) is 35.8. The third kappa shape index (κ3) is 7.52. The Labute approximate surface area is 300 Å². The van der Waals surface area contributed by atoms with Crippen molar-refractivity contribution in [3.05, 3.63) is 75.3 Å². The molecule has 0 bridgehead atoms. The molecule has 3 aromatic heterocycles. The molecule has 0 radical (unpaired) electrons. The van der Waals surface area contributed by atoms with Crippen molar-refractivity contribution in [3.63, 3.8) is 0 Å². The lowest BCUT2D eigenvalue weighted by Gasteiger charge is -2.24. The van der Waals surface area contributed by atoms with Crippen LogP contribution >= 0.6 is 22.9 Å². The third-order valence-corrected chi connectivity index (χ3v) is 12.9. The molecule has 4 heterocycles. The minimum absolute atomic E-state index is 0.0338. The van der Waals surface area contributed by atoms with Gasteiger partial charge in [-0.15, -0.1) is 16.4 Å². The molecule has 6 rings (SSSR count). The van der Waals surface area contributed by atoms with Crippen LogP contribution < -0.4 is 4.74 Å². The lowest BCUT2D eigenvalue weighted by molar-refractivity contribution is -0.143. The van der Waals surface area contributed by atoms with Crippen molar-refractivity contribution >= 4 is 69.9 Å². The quantitative estimate of drug-likeness (QED) is 0.141. The zero-order valence-electron chi connectivity index (χ0n) is 28.1. The highest BCUT2D eigenvalue weighted by Gasteiger charge is 2.36. The van der Waals surface area contributed by atoms with Gasteiger partial charge in [0.2, 0.25) is 15.9 Å². The Morgan fingerprint density at radius 1 is 1.20 bits per heavy atom. The second-order valence-corrected chi connectivity index (χ2v) is 17.9. The molecule has 0 saturated carbocycles. The third-order valence-electron chi connectivity index (χ3n) is 8.86. The van der Waals surface area contributed by atoms with Crippen molar-refractivity contribution in [1.29, 1.82) is 0 Å². The summed E-state index contributed by atoms with van der Waals surface area (Å²) in [5.74, 6) is -0.741. The zero-order valence-corrected chi connectivity index (χ0v) is 31.3. The number of hydrogen-bond donors (Lipinski definition) is 0. The number of carbonyl (C=O) groups excluding carboxylic acids is 1. The Balaban J connectivity index is 1.42. The fourth-order valence-electron chi connectivity index (χ4n) is 6.39. The van der Waals surface area contributed by atoms with Crippen LogP contribution in [0.15, 0.2) is 52.9 Å². The summed E-state index contributed by atoms with van der Waals surface area (Å²) in [7, 11) is -7.16. The first kappa shape index (κ1) is 36.2. The van der Waals surface area contributed by atoms with E-state index in [0.29, 0.717) is 24.9 Å².